The van der Waals surface area contributed by atoms with Crippen LogP contribution in [0.3, 0.4) is 0 Å². The molecule has 0 radical (unpaired) electrons. The summed E-state index contributed by atoms with van der Waals surface area (Å²) >= 11 is 0. The molecule has 2 aromatic rings. The lowest BCUT2D eigenvalue weighted by atomic mass is 10.1. The Bertz CT molecular complexity index is 692. The maximum absolute atomic E-state index is 4.82. The molecule has 6 heteroatoms. The molecule has 0 aliphatic carbocycles. The second-order valence-corrected chi connectivity index (χ2v) is 6.64. The Labute approximate surface area is 163 Å². The van der Waals surface area contributed by atoms with Crippen LogP contribution in [-0.4, -0.2) is 45.8 Å². The van der Waals surface area contributed by atoms with Crippen molar-refractivity contribution in [2.45, 2.75) is 45.7 Å². The van der Waals surface area contributed by atoms with Gasteiger partial charge in [-0.15, -0.1) is 6.58 Å². The van der Waals surface area contributed by atoms with Crippen LogP contribution in [0.5, 0.6) is 0 Å². The van der Waals surface area contributed by atoms with Crippen LogP contribution in [-0.2, 0) is 13.1 Å². The quantitative estimate of drug-likeness (QED) is 0.286. The number of unbranched alkanes of at least 4 members (excludes halogenated alkanes) is 3. The molecule has 0 spiro atoms. The summed E-state index contributed by atoms with van der Waals surface area (Å²) < 4.78 is 1.83. The van der Waals surface area contributed by atoms with Crippen LogP contribution < -0.4 is 5.32 Å². The Balaban J connectivity index is 1.91. The highest BCUT2D eigenvalue weighted by atomic mass is 15.3. The highest BCUT2D eigenvalue weighted by molar-refractivity contribution is 5.79. The smallest absolute Gasteiger partial charge is 0.193 e. The van der Waals surface area contributed by atoms with E-state index in [9.17, 15) is 0 Å². The maximum atomic E-state index is 4.82. The Hall–Kier alpha value is -2.63. The molecule has 0 saturated carbocycles. The Kier molecular flexibility index (Phi) is 9.10. The monoisotopic (exact) mass is 368 g/mol. The number of allylic oxidation sites excluding steroid dienone is 1. The van der Waals surface area contributed by atoms with Crippen LogP contribution in [0.25, 0.3) is 0 Å². The first-order chi connectivity index (χ1) is 13.2. The van der Waals surface area contributed by atoms with Gasteiger partial charge in [-0.25, -0.2) is 14.7 Å². The highest BCUT2D eigenvalue weighted by Gasteiger charge is 2.05. The molecule has 1 aromatic carbocycles. The second-order valence-electron chi connectivity index (χ2n) is 6.64. The van der Waals surface area contributed by atoms with Gasteiger partial charge in [0.2, 0.25) is 0 Å². The van der Waals surface area contributed by atoms with Crippen LogP contribution in [0.2, 0.25) is 0 Å². The number of guanidine groups is 1. The summed E-state index contributed by atoms with van der Waals surface area (Å²) in [5.74, 6) is 0.961. The van der Waals surface area contributed by atoms with E-state index in [4.69, 9.17) is 4.99 Å². The van der Waals surface area contributed by atoms with Crippen molar-refractivity contribution >= 4 is 5.96 Å². The number of nitrogens with zero attached hydrogens (tertiary/aromatic N) is 5. The molecule has 1 aromatic heterocycles. The SMILES string of the molecule is C=CCCCCCN(C)C(=NCc1cccc(Cn2cncn2)c1)NCC. The van der Waals surface area contributed by atoms with Gasteiger partial charge in [0.15, 0.2) is 5.96 Å². The average Bonchev–Trinajstić information content (AvgIpc) is 3.18. The third kappa shape index (κ3) is 7.64. The molecule has 1 heterocycles. The van der Waals surface area contributed by atoms with Crippen molar-refractivity contribution < 1.29 is 0 Å². The van der Waals surface area contributed by atoms with Gasteiger partial charge in [0.05, 0.1) is 13.1 Å². The molecular weight excluding hydrogens is 336 g/mol. The number of aliphatic imine (C=N–C) groups is 1. The lowest BCUT2D eigenvalue weighted by Crippen LogP contribution is -2.39. The minimum Gasteiger partial charge on any atom is -0.357 e. The van der Waals surface area contributed by atoms with Crippen LogP contribution >= 0.6 is 0 Å². The molecule has 0 saturated heterocycles. The lowest BCUT2D eigenvalue weighted by molar-refractivity contribution is 0.455. The van der Waals surface area contributed by atoms with E-state index in [-0.39, 0.29) is 0 Å². The van der Waals surface area contributed by atoms with Gasteiger partial charge in [0.25, 0.3) is 0 Å². The normalized spacial score (nSPS) is 11.4. The van der Waals surface area contributed by atoms with E-state index in [1.54, 1.807) is 12.7 Å². The molecule has 0 unspecified atom stereocenters. The first kappa shape index (κ1) is 20.7. The largest absolute Gasteiger partial charge is 0.357 e. The Morgan fingerprint density at radius 1 is 1.30 bits per heavy atom. The van der Waals surface area contributed by atoms with Crippen molar-refractivity contribution in [2.24, 2.45) is 4.99 Å². The number of nitrogens with one attached hydrogen (secondary N) is 1. The first-order valence-electron chi connectivity index (χ1n) is 9.73. The van der Waals surface area contributed by atoms with E-state index in [1.807, 2.05) is 10.8 Å². The van der Waals surface area contributed by atoms with Gasteiger partial charge in [-0.3, -0.25) is 0 Å². The third-order valence-electron chi connectivity index (χ3n) is 4.31. The first-order valence-corrected chi connectivity index (χ1v) is 9.73. The van der Waals surface area contributed by atoms with E-state index in [0.717, 1.165) is 32.0 Å². The average molecular weight is 369 g/mol. The van der Waals surface area contributed by atoms with Crippen molar-refractivity contribution in [1.82, 2.24) is 25.0 Å². The summed E-state index contributed by atoms with van der Waals surface area (Å²) in [4.78, 5) is 11.0. The fraction of sp³-hybridized carbons (Fsp3) is 0.476. The molecule has 0 bridgehead atoms. The predicted octanol–water partition coefficient (Wildman–Crippen LogP) is 3.47. The minimum absolute atomic E-state index is 0.661. The van der Waals surface area contributed by atoms with Gasteiger partial charge >= 0.3 is 0 Å². The highest BCUT2D eigenvalue weighted by Crippen LogP contribution is 2.09. The van der Waals surface area contributed by atoms with Gasteiger partial charge in [-0.1, -0.05) is 36.8 Å². The topological polar surface area (TPSA) is 58.3 Å². The van der Waals surface area contributed by atoms with Gasteiger partial charge in [0.1, 0.15) is 12.7 Å². The molecule has 27 heavy (non-hydrogen) atoms. The van der Waals surface area contributed by atoms with Crippen molar-refractivity contribution in [3.8, 4) is 0 Å². The minimum atomic E-state index is 0.661. The zero-order valence-electron chi connectivity index (χ0n) is 16.6. The summed E-state index contributed by atoms with van der Waals surface area (Å²) in [7, 11) is 2.11. The van der Waals surface area contributed by atoms with Gasteiger partial charge in [0, 0.05) is 20.1 Å². The Morgan fingerprint density at radius 3 is 2.89 bits per heavy atom. The van der Waals surface area contributed by atoms with Crippen LogP contribution in [0.4, 0.5) is 0 Å². The molecule has 1 N–H and O–H groups in total. The zero-order chi connectivity index (χ0) is 19.3. The second kappa shape index (κ2) is 11.9. The molecular formula is C21H32N6. The van der Waals surface area contributed by atoms with E-state index < -0.39 is 0 Å². The van der Waals surface area contributed by atoms with Crippen LogP contribution in [0.1, 0.15) is 43.7 Å². The number of rotatable bonds is 11. The van der Waals surface area contributed by atoms with Gasteiger partial charge in [-0.05, 0) is 37.3 Å². The number of hydrogen-bond acceptors (Lipinski definition) is 3. The van der Waals surface area contributed by atoms with E-state index >= 15 is 0 Å². The van der Waals surface area contributed by atoms with Crippen molar-refractivity contribution in [1.29, 1.82) is 0 Å². The van der Waals surface area contributed by atoms with Gasteiger partial charge in [-0.2, -0.15) is 5.10 Å². The van der Waals surface area contributed by atoms with E-state index in [2.05, 4.69) is 65.1 Å². The fourth-order valence-corrected chi connectivity index (χ4v) is 2.88. The van der Waals surface area contributed by atoms with Crippen LogP contribution in [0.15, 0.2) is 54.6 Å². The maximum Gasteiger partial charge on any atom is 0.193 e. The predicted molar refractivity (Wildman–Crippen MR) is 112 cm³/mol. The molecule has 146 valence electrons. The van der Waals surface area contributed by atoms with E-state index in [1.165, 1.54) is 30.4 Å². The summed E-state index contributed by atoms with van der Waals surface area (Å²) in [6.45, 7) is 9.14. The fourth-order valence-electron chi connectivity index (χ4n) is 2.88. The molecule has 0 atom stereocenters. The summed E-state index contributed by atoms with van der Waals surface area (Å²) in [5, 5.41) is 7.56. The van der Waals surface area contributed by atoms with E-state index in [0.29, 0.717) is 6.54 Å². The molecule has 0 fully saturated rings. The molecule has 0 aliphatic rings. The number of aromatic nitrogens is 3. The summed E-state index contributed by atoms with van der Waals surface area (Å²) in [6, 6.07) is 8.49. The van der Waals surface area contributed by atoms with Crippen molar-refractivity contribution in [3.63, 3.8) is 0 Å². The zero-order valence-corrected chi connectivity index (χ0v) is 16.6. The summed E-state index contributed by atoms with van der Waals surface area (Å²) in [6.07, 6.45) is 9.99. The Morgan fingerprint density at radius 2 is 2.15 bits per heavy atom. The van der Waals surface area contributed by atoms with Gasteiger partial charge < -0.3 is 10.2 Å². The molecule has 2 rings (SSSR count). The molecule has 6 nitrogen and oxygen atoms in total. The van der Waals surface area contributed by atoms with Crippen molar-refractivity contribution in [2.75, 3.05) is 20.1 Å². The molecule has 0 aliphatic heterocycles. The molecule has 0 amide bonds. The third-order valence-corrected chi connectivity index (χ3v) is 4.31. The lowest BCUT2D eigenvalue weighted by Gasteiger charge is -2.22. The number of benzene rings is 1. The van der Waals surface area contributed by atoms with Crippen LogP contribution in [0, 0.1) is 0 Å². The standard InChI is InChI=1S/C21H32N6/c1-4-6-7-8-9-13-26(3)21(23-5-2)24-15-19-11-10-12-20(14-19)16-27-18-22-17-25-27/h4,10-12,14,17-18H,1,5-9,13,15-16H2,2-3H3,(H,23,24). The number of hydrogen-bond donors (Lipinski definition) is 1. The summed E-state index contributed by atoms with van der Waals surface area (Å²) in [5.41, 5.74) is 2.40. The van der Waals surface area contributed by atoms with Crippen molar-refractivity contribution in [3.05, 3.63) is 60.7 Å².